The predicted octanol–water partition coefficient (Wildman–Crippen LogP) is 2.20. The van der Waals surface area contributed by atoms with Crippen LogP contribution in [-0.4, -0.2) is 53.6 Å². The Morgan fingerprint density at radius 2 is 2.12 bits per heavy atom. The molecule has 34 heavy (non-hydrogen) atoms. The molecule has 2 fully saturated rings. The van der Waals surface area contributed by atoms with Crippen LogP contribution in [0, 0.1) is 16.7 Å². The lowest BCUT2D eigenvalue weighted by Gasteiger charge is -2.46. The zero-order valence-corrected chi connectivity index (χ0v) is 18.8. The number of nitrogens with zero attached hydrogens (tertiary/aromatic N) is 7. The van der Waals surface area contributed by atoms with Gasteiger partial charge in [-0.05, 0) is 38.7 Å². The number of imidazole rings is 1. The quantitative estimate of drug-likeness (QED) is 0.450. The Kier molecular flexibility index (Phi) is 4.29. The van der Waals surface area contributed by atoms with E-state index in [4.69, 9.17) is 4.74 Å². The molecule has 11 heteroatoms. The number of nitrogens with one attached hydrogen (secondary N) is 2. The highest BCUT2D eigenvalue weighted by molar-refractivity contribution is 5.89. The van der Waals surface area contributed by atoms with Crippen LogP contribution in [0.3, 0.4) is 0 Å². The number of anilines is 1. The van der Waals surface area contributed by atoms with Crippen LogP contribution >= 0.6 is 0 Å². The molecule has 1 amide bonds. The lowest BCUT2D eigenvalue weighted by Crippen LogP contribution is -2.60. The number of aromatic nitrogens is 6. The first-order valence-corrected chi connectivity index (χ1v) is 11.1. The van der Waals surface area contributed by atoms with Crippen LogP contribution in [0.4, 0.5) is 5.95 Å². The van der Waals surface area contributed by atoms with E-state index < -0.39 is 5.41 Å². The fraction of sp³-hybridized carbons (Fsp3) is 0.391. The van der Waals surface area contributed by atoms with Crippen LogP contribution in [0.5, 0.6) is 5.88 Å². The van der Waals surface area contributed by atoms with Crippen LogP contribution in [-0.2, 0) is 4.79 Å². The fourth-order valence-corrected chi connectivity index (χ4v) is 4.71. The number of carbonyl (C=O) groups is 1. The fourth-order valence-electron chi connectivity index (χ4n) is 4.71. The molecule has 0 unspecified atom stereocenters. The van der Waals surface area contributed by atoms with E-state index in [-0.39, 0.29) is 17.5 Å². The molecule has 2 N–H and O–H groups in total. The molecule has 2 aliphatic carbocycles. The van der Waals surface area contributed by atoms with Gasteiger partial charge in [0.25, 0.3) is 0 Å². The van der Waals surface area contributed by atoms with E-state index >= 15 is 0 Å². The van der Waals surface area contributed by atoms with Gasteiger partial charge in [0.05, 0.1) is 13.2 Å². The normalized spacial score (nSPS) is 22.7. The van der Waals surface area contributed by atoms with Crippen LogP contribution in [0.2, 0.25) is 0 Å². The zero-order chi connectivity index (χ0) is 23.5. The van der Waals surface area contributed by atoms with Crippen molar-refractivity contribution in [1.29, 1.82) is 5.26 Å². The van der Waals surface area contributed by atoms with Crippen molar-refractivity contribution in [2.75, 3.05) is 12.4 Å². The Bertz CT molecular complexity index is 1470. The van der Waals surface area contributed by atoms with Crippen molar-refractivity contribution >= 4 is 23.1 Å². The van der Waals surface area contributed by atoms with Crippen molar-refractivity contribution in [3.8, 4) is 23.1 Å². The average Bonchev–Trinajstić information content (AvgIpc) is 3.28. The third kappa shape index (κ3) is 3.22. The van der Waals surface area contributed by atoms with Gasteiger partial charge in [0.15, 0.2) is 0 Å². The molecule has 0 atom stereocenters. The molecule has 172 valence electrons. The lowest BCUT2D eigenvalue weighted by molar-refractivity contribution is -0.127. The Morgan fingerprint density at radius 3 is 2.85 bits per heavy atom. The van der Waals surface area contributed by atoms with Crippen molar-refractivity contribution in [3.05, 3.63) is 37.1 Å². The second-order valence-electron chi connectivity index (χ2n) is 9.40. The summed E-state index contributed by atoms with van der Waals surface area (Å²) < 4.78 is 9.20. The maximum atomic E-state index is 12.4. The summed E-state index contributed by atoms with van der Waals surface area (Å²) >= 11 is 0. The summed E-state index contributed by atoms with van der Waals surface area (Å²) in [6, 6.07) is 4.21. The van der Waals surface area contributed by atoms with Crippen LogP contribution in [0.1, 0.15) is 32.6 Å². The third-order valence-electron chi connectivity index (χ3n) is 6.77. The molecular weight excluding hydrogens is 434 g/mol. The number of nitriles is 1. The summed E-state index contributed by atoms with van der Waals surface area (Å²) in [6.45, 7) is 2.00. The summed E-state index contributed by atoms with van der Waals surface area (Å²) in [5.41, 5.74) is 1.39. The van der Waals surface area contributed by atoms with E-state index in [0.29, 0.717) is 30.4 Å². The Hall–Kier alpha value is -4.20. The second-order valence-corrected chi connectivity index (χ2v) is 9.40. The first kappa shape index (κ1) is 20.4. The van der Waals surface area contributed by atoms with Gasteiger partial charge in [0, 0.05) is 53.7 Å². The van der Waals surface area contributed by atoms with Gasteiger partial charge >= 0.3 is 0 Å². The molecule has 2 saturated carbocycles. The highest BCUT2D eigenvalue weighted by atomic mass is 16.5. The highest BCUT2D eigenvalue weighted by Gasteiger charge is 2.53. The van der Waals surface area contributed by atoms with Gasteiger partial charge in [-0.1, -0.05) is 0 Å². The maximum absolute atomic E-state index is 12.4. The monoisotopic (exact) mass is 457 g/mol. The molecule has 0 bridgehead atoms. The summed E-state index contributed by atoms with van der Waals surface area (Å²) in [6.07, 6.45) is 11.9. The summed E-state index contributed by atoms with van der Waals surface area (Å²) in [5.74, 6) is 1.37. The Labute approximate surface area is 194 Å². The van der Waals surface area contributed by atoms with E-state index in [2.05, 4.69) is 36.8 Å². The number of fused-ring (bicyclic) bond motifs is 2. The van der Waals surface area contributed by atoms with Gasteiger partial charge in [-0.25, -0.2) is 14.5 Å². The minimum Gasteiger partial charge on any atom is -0.479 e. The molecule has 4 heterocycles. The number of hydrogen-bond acceptors (Lipinski definition) is 8. The standard InChI is InChI=1S/C23H23N9O2/c1-22(29-19(33)23(13-24)4-5-23)9-15(10-22)27-20-28-18(34-2)17-16(3-7-32(17)30-20)14-11-26-21-25-6-8-31(21)12-14/h3,6-8,11-12,15H,4-5,9-10H2,1-2H3,(H,27,30)(H,29,33). The molecular formula is C23H23N9O2. The number of hydrogen-bond donors (Lipinski definition) is 2. The molecule has 4 aromatic heterocycles. The number of carbonyl (C=O) groups excluding carboxylic acids is 1. The van der Waals surface area contributed by atoms with Gasteiger partial charge < -0.3 is 15.4 Å². The minimum absolute atomic E-state index is 0.104. The summed E-state index contributed by atoms with van der Waals surface area (Å²) in [4.78, 5) is 25.6. The predicted molar refractivity (Wildman–Crippen MR) is 122 cm³/mol. The number of methoxy groups -OCH3 is 1. The van der Waals surface area contributed by atoms with E-state index in [1.807, 2.05) is 36.0 Å². The van der Waals surface area contributed by atoms with Crippen LogP contribution < -0.4 is 15.4 Å². The van der Waals surface area contributed by atoms with Crippen LogP contribution in [0.25, 0.3) is 22.4 Å². The topological polar surface area (TPSA) is 135 Å². The third-order valence-corrected chi connectivity index (χ3v) is 6.77. The molecule has 2 aliphatic rings. The average molecular weight is 457 g/mol. The van der Waals surface area contributed by atoms with Crippen molar-refractivity contribution in [2.45, 2.75) is 44.2 Å². The van der Waals surface area contributed by atoms with Crippen molar-refractivity contribution in [2.24, 2.45) is 5.41 Å². The summed E-state index contributed by atoms with van der Waals surface area (Å²) in [5, 5.41) is 20.3. The van der Waals surface area contributed by atoms with Gasteiger partial charge in [0.1, 0.15) is 10.9 Å². The molecule has 0 saturated heterocycles. The molecule has 6 rings (SSSR count). The molecule has 0 aliphatic heterocycles. The van der Waals surface area contributed by atoms with Crippen molar-refractivity contribution in [3.63, 3.8) is 0 Å². The molecule has 0 spiro atoms. The first-order valence-electron chi connectivity index (χ1n) is 11.1. The van der Waals surface area contributed by atoms with Crippen LogP contribution in [0.15, 0.2) is 37.1 Å². The maximum Gasteiger partial charge on any atom is 0.244 e. The lowest BCUT2D eigenvalue weighted by atomic mass is 9.73. The van der Waals surface area contributed by atoms with Gasteiger partial charge in [-0.15, -0.1) is 5.10 Å². The SMILES string of the molecule is COc1nc(NC2CC(C)(NC(=O)C3(C#N)CC3)C2)nn2ccc(-c3cnc4nccn4c3)c12. The molecule has 4 aromatic rings. The van der Waals surface area contributed by atoms with E-state index in [1.165, 1.54) is 0 Å². The smallest absolute Gasteiger partial charge is 0.244 e. The molecule has 11 nitrogen and oxygen atoms in total. The molecule has 0 radical (unpaired) electrons. The van der Waals surface area contributed by atoms with E-state index in [9.17, 15) is 10.1 Å². The largest absolute Gasteiger partial charge is 0.479 e. The van der Waals surface area contributed by atoms with E-state index in [0.717, 1.165) is 29.5 Å². The Balaban J connectivity index is 1.21. The number of ether oxygens (including phenoxy) is 1. The first-order chi connectivity index (χ1) is 16.4. The van der Waals surface area contributed by atoms with Gasteiger partial charge in [0.2, 0.25) is 23.5 Å². The van der Waals surface area contributed by atoms with Gasteiger partial charge in [-0.3, -0.25) is 9.20 Å². The zero-order valence-electron chi connectivity index (χ0n) is 18.8. The second kappa shape index (κ2) is 7.15. The number of amides is 1. The number of rotatable bonds is 6. The minimum atomic E-state index is -0.812. The highest BCUT2D eigenvalue weighted by Crippen LogP contribution is 2.46. The van der Waals surface area contributed by atoms with Crippen molar-refractivity contribution in [1.82, 2.24) is 34.3 Å². The summed E-state index contributed by atoms with van der Waals surface area (Å²) in [7, 11) is 1.58. The van der Waals surface area contributed by atoms with E-state index in [1.54, 1.807) is 24.0 Å². The Morgan fingerprint density at radius 1 is 1.29 bits per heavy atom. The van der Waals surface area contributed by atoms with Crippen molar-refractivity contribution < 1.29 is 9.53 Å². The van der Waals surface area contributed by atoms with Gasteiger partial charge in [-0.2, -0.15) is 10.2 Å². The molecule has 0 aromatic carbocycles.